The van der Waals surface area contributed by atoms with Crippen LogP contribution in [0.15, 0.2) is 59.4 Å². The molecule has 5 rings (SSSR count). The molecule has 44 heavy (non-hydrogen) atoms. The first-order chi connectivity index (χ1) is 20.6. The number of fused-ring (bicyclic) bond motifs is 1. The average Bonchev–Trinajstić information content (AvgIpc) is 2.93. The van der Waals surface area contributed by atoms with E-state index in [1.165, 1.54) is 6.07 Å². The van der Waals surface area contributed by atoms with Gasteiger partial charge in [-0.15, -0.1) is 0 Å². The van der Waals surface area contributed by atoms with Crippen LogP contribution >= 0.6 is 19.0 Å². The number of piperazine rings is 1. The van der Waals surface area contributed by atoms with Crippen LogP contribution in [0.1, 0.15) is 65.5 Å². The first kappa shape index (κ1) is 32.0. The first-order valence-corrected chi connectivity index (χ1v) is 17.3. The van der Waals surface area contributed by atoms with E-state index in [1.54, 1.807) is 40.5 Å². The van der Waals surface area contributed by atoms with Crippen molar-refractivity contribution >= 4 is 42.5 Å². The highest BCUT2D eigenvalue weighted by atomic mass is 35.5. The van der Waals surface area contributed by atoms with E-state index in [2.05, 4.69) is 18.7 Å². The standard InChI is InChI=1S/C33H40ClFN5O3P/c1-20(2)23-13-10-12-16-28(23)40-30-25(17-26(34)29(36-30)24-14-9-11-15-27(24)35)31(37-44(40,8)42)38-18-22(4)39(19-21(38)3)32(41)43-33(5,6)7/h9-17,20-22H,18-19H2,1-8H3/t21-,22+,44?/m0/s1. The Morgan fingerprint density at radius 3 is 2.36 bits per heavy atom. The van der Waals surface area contributed by atoms with Crippen LogP contribution in [0.25, 0.3) is 11.3 Å². The van der Waals surface area contributed by atoms with E-state index in [-0.39, 0.29) is 40.4 Å². The van der Waals surface area contributed by atoms with Crippen molar-refractivity contribution in [1.29, 1.82) is 0 Å². The fourth-order valence-corrected chi connectivity index (χ4v) is 7.79. The van der Waals surface area contributed by atoms with Crippen LogP contribution in [-0.4, -0.2) is 64.2 Å². The molecule has 3 atom stereocenters. The summed E-state index contributed by atoms with van der Waals surface area (Å²) < 4.78 is 42.1. The molecule has 2 aromatic carbocycles. The van der Waals surface area contributed by atoms with Crippen molar-refractivity contribution in [2.24, 2.45) is 4.76 Å². The second-order valence-electron chi connectivity index (χ2n) is 12.9. The molecule has 3 heterocycles. The van der Waals surface area contributed by atoms with Crippen molar-refractivity contribution in [3.05, 3.63) is 76.6 Å². The minimum Gasteiger partial charge on any atom is -0.444 e. The fourth-order valence-electron chi connectivity index (χ4n) is 5.79. The molecule has 8 nitrogen and oxygen atoms in total. The van der Waals surface area contributed by atoms with E-state index in [0.29, 0.717) is 30.3 Å². The Morgan fingerprint density at radius 2 is 1.70 bits per heavy atom. The number of amidine groups is 1. The largest absolute Gasteiger partial charge is 0.444 e. The lowest BCUT2D eigenvalue weighted by atomic mass is 10.0. The van der Waals surface area contributed by atoms with Crippen molar-refractivity contribution in [3.63, 3.8) is 0 Å². The third-order valence-electron chi connectivity index (χ3n) is 7.85. The van der Waals surface area contributed by atoms with E-state index in [4.69, 9.17) is 26.1 Å². The van der Waals surface area contributed by atoms with Gasteiger partial charge in [0.05, 0.1) is 22.0 Å². The van der Waals surface area contributed by atoms with Crippen molar-refractivity contribution in [1.82, 2.24) is 14.8 Å². The summed E-state index contributed by atoms with van der Waals surface area (Å²) in [7, 11) is -3.51. The fraction of sp³-hybridized carbons (Fsp3) is 0.424. The summed E-state index contributed by atoms with van der Waals surface area (Å²) in [5.74, 6) is 0.550. The zero-order valence-electron chi connectivity index (χ0n) is 26.5. The zero-order valence-corrected chi connectivity index (χ0v) is 28.2. The molecule has 0 N–H and O–H groups in total. The Bertz CT molecular complexity index is 1670. The van der Waals surface area contributed by atoms with Gasteiger partial charge >= 0.3 is 6.09 Å². The van der Waals surface area contributed by atoms with Crippen molar-refractivity contribution in [2.75, 3.05) is 24.4 Å². The van der Waals surface area contributed by atoms with Crippen LogP contribution in [-0.2, 0) is 9.30 Å². The summed E-state index contributed by atoms with van der Waals surface area (Å²) >= 11 is 6.85. The zero-order chi connectivity index (χ0) is 32.1. The quantitative estimate of drug-likeness (QED) is 0.267. The van der Waals surface area contributed by atoms with E-state index in [9.17, 15) is 9.36 Å². The second-order valence-corrected chi connectivity index (χ2v) is 15.6. The number of aromatic nitrogens is 1. The van der Waals surface area contributed by atoms with Crippen molar-refractivity contribution < 1.29 is 18.5 Å². The van der Waals surface area contributed by atoms with E-state index >= 15 is 4.39 Å². The number of ether oxygens (including phenoxy) is 1. The number of benzene rings is 2. The third kappa shape index (κ3) is 6.09. The van der Waals surface area contributed by atoms with Gasteiger partial charge < -0.3 is 14.5 Å². The van der Waals surface area contributed by atoms with Crippen LogP contribution in [0.5, 0.6) is 0 Å². The molecule has 2 aliphatic rings. The summed E-state index contributed by atoms with van der Waals surface area (Å²) in [4.78, 5) is 21.8. The molecule has 1 amide bonds. The number of amides is 1. The van der Waals surface area contributed by atoms with Crippen molar-refractivity contribution in [2.45, 2.75) is 72.1 Å². The van der Waals surface area contributed by atoms with Crippen molar-refractivity contribution in [3.8, 4) is 11.3 Å². The maximum atomic E-state index is 15.1. The molecular formula is C33H40ClFN5O3P. The smallest absolute Gasteiger partial charge is 0.410 e. The topological polar surface area (TPSA) is 78.3 Å². The van der Waals surface area contributed by atoms with E-state index in [1.807, 2.05) is 58.9 Å². The van der Waals surface area contributed by atoms with Crippen LogP contribution in [0, 0.1) is 5.82 Å². The van der Waals surface area contributed by atoms with Gasteiger partial charge in [0.1, 0.15) is 17.3 Å². The van der Waals surface area contributed by atoms with Gasteiger partial charge in [-0.2, -0.15) is 4.76 Å². The number of anilines is 2. The van der Waals surface area contributed by atoms with Gasteiger partial charge in [-0.25, -0.2) is 14.2 Å². The average molecular weight is 640 g/mol. The SMILES string of the molecule is CC(C)c1ccccc1N1c2nc(-c3ccccc3F)c(Cl)cc2C(N2C[C@@H](C)N(C(=O)OC(C)(C)C)C[C@@H]2C)=NP1(C)=O. The molecule has 0 aliphatic carbocycles. The number of pyridine rings is 1. The Labute approximate surface area is 264 Å². The Hall–Kier alpha value is -3.42. The van der Waals surface area contributed by atoms with Gasteiger partial charge in [0.25, 0.3) is 7.44 Å². The number of carbonyl (C=O) groups excluding carboxylic acids is 1. The molecule has 1 fully saturated rings. The Balaban J connectivity index is 1.67. The molecule has 2 aliphatic heterocycles. The van der Waals surface area contributed by atoms with E-state index < -0.39 is 18.9 Å². The number of hydrogen-bond donors (Lipinski definition) is 0. The summed E-state index contributed by atoms with van der Waals surface area (Å²) in [6, 6.07) is 15.4. The second kappa shape index (κ2) is 11.8. The molecule has 0 saturated carbocycles. The predicted octanol–water partition coefficient (Wildman–Crippen LogP) is 8.72. The normalized spacial score (nSPS) is 22.2. The number of para-hydroxylation sites is 1. The number of carbonyl (C=O) groups is 1. The minimum atomic E-state index is -3.51. The molecule has 0 bridgehead atoms. The predicted molar refractivity (Wildman–Crippen MR) is 176 cm³/mol. The van der Waals surface area contributed by atoms with Crippen LogP contribution < -0.4 is 4.67 Å². The van der Waals surface area contributed by atoms with Gasteiger partial charge in [-0.3, -0.25) is 9.24 Å². The highest BCUT2D eigenvalue weighted by molar-refractivity contribution is 7.64. The molecular weight excluding hydrogens is 600 g/mol. The molecule has 234 valence electrons. The maximum absolute atomic E-state index is 15.1. The third-order valence-corrected chi connectivity index (χ3v) is 9.85. The number of halogens is 2. The lowest BCUT2D eigenvalue weighted by Crippen LogP contribution is -2.60. The number of nitrogens with zero attached hydrogens (tertiary/aromatic N) is 5. The molecule has 0 radical (unpaired) electrons. The van der Waals surface area contributed by atoms with Crippen LogP contribution in [0.4, 0.5) is 20.7 Å². The Kier molecular flexibility index (Phi) is 8.60. The van der Waals surface area contributed by atoms with Gasteiger partial charge in [-0.1, -0.05) is 55.8 Å². The number of rotatable bonds is 3. The molecule has 1 unspecified atom stereocenters. The number of hydrogen-bond acceptors (Lipinski definition) is 5. The van der Waals surface area contributed by atoms with Gasteiger partial charge in [0.2, 0.25) is 0 Å². The summed E-state index contributed by atoms with van der Waals surface area (Å²) in [5, 5.41) is 0.250. The molecule has 3 aromatic rings. The Morgan fingerprint density at radius 1 is 1.05 bits per heavy atom. The highest BCUT2D eigenvalue weighted by Gasteiger charge is 2.43. The first-order valence-electron chi connectivity index (χ1n) is 14.9. The summed E-state index contributed by atoms with van der Waals surface area (Å²) in [6.07, 6.45) is -0.376. The van der Waals surface area contributed by atoms with Gasteiger partial charge in [0, 0.05) is 37.4 Å². The molecule has 1 saturated heterocycles. The summed E-state index contributed by atoms with van der Waals surface area (Å²) in [5.41, 5.74) is 2.19. The van der Waals surface area contributed by atoms with Gasteiger partial charge in [-0.05, 0) is 70.4 Å². The lowest BCUT2D eigenvalue weighted by Gasteiger charge is -2.47. The molecule has 0 spiro atoms. The summed E-state index contributed by atoms with van der Waals surface area (Å²) in [6.45, 7) is 16.1. The van der Waals surface area contributed by atoms with Crippen LogP contribution in [0.2, 0.25) is 5.02 Å². The lowest BCUT2D eigenvalue weighted by molar-refractivity contribution is 0.000509. The monoisotopic (exact) mass is 639 g/mol. The minimum absolute atomic E-state index is 0.125. The van der Waals surface area contributed by atoms with E-state index in [0.717, 1.165) is 11.3 Å². The highest BCUT2D eigenvalue weighted by Crippen LogP contribution is 2.60. The van der Waals surface area contributed by atoms with Crippen LogP contribution in [0.3, 0.4) is 0 Å². The maximum Gasteiger partial charge on any atom is 0.410 e. The molecule has 11 heteroatoms. The van der Waals surface area contributed by atoms with Gasteiger partial charge in [0.15, 0.2) is 5.82 Å². The molecule has 1 aromatic heterocycles.